The van der Waals surface area contributed by atoms with Crippen LogP contribution in [0.4, 0.5) is 0 Å². The smallest absolute Gasteiger partial charge is 0.336 e. The number of aryl methyl sites for hydroxylation is 1. The third kappa shape index (κ3) is 3.87. The summed E-state index contributed by atoms with van der Waals surface area (Å²) in [5.41, 5.74) is 3.85. The fourth-order valence-electron chi connectivity index (χ4n) is 3.45. The van der Waals surface area contributed by atoms with Gasteiger partial charge in [-0.1, -0.05) is 55.5 Å². The van der Waals surface area contributed by atoms with Gasteiger partial charge in [0.05, 0.1) is 4.88 Å². The zero-order chi connectivity index (χ0) is 18.6. The largest absolute Gasteiger partial charge is 0.423 e. The van der Waals surface area contributed by atoms with Crippen LogP contribution in [0.3, 0.4) is 0 Å². The number of hydrogen-bond acceptors (Lipinski definition) is 3. The Kier molecular flexibility index (Phi) is 5.19. The highest BCUT2D eigenvalue weighted by Crippen LogP contribution is 2.23. The molecule has 0 saturated carbocycles. The fourth-order valence-corrected chi connectivity index (χ4v) is 4.30. The van der Waals surface area contributed by atoms with E-state index in [-0.39, 0.29) is 11.7 Å². The van der Waals surface area contributed by atoms with Crippen LogP contribution in [0.2, 0.25) is 0 Å². The van der Waals surface area contributed by atoms with Crippen molar-refractivity contribution in [2.75, 3.05) is 0 Å². The first-order valence-corrected chi connectivity index (χ1v) is 10.1. The van der Waals surface area contributed by atoms with Gasteiger partial charge in [-0.05, 0) is 29.5 Å². The number of fused-ring (bicyclic) bond motifs is 1. The molecule has 4 aromatic rings. The molecule has 2 N–H and O–H groups in total. The van der Waals surface area contributed by atoms with Gasteiger partial charge in [0.15, 0.2) is 0 Å². The number of rotatable bonds is 6. The Morgan fingerprint density at radius 1 is 1.04 bits per heavy atom. The van der Waals surface area contributed by atoms with E-state index >= 15 is 0 Å². The summed E-state index contributed by atoms with van der Waals surface area (Å²) >= 11 is 1.76. The van der Waals surface area contributed by atoms with E-state index < -0.39 is 0 Å². The second kappa shape index (κ2) is 7.91. The molecule has 0 fully saturated rings. The Morgan fingerprint density at radius 3 is 2.63 bits per heavy atom. The van der Waals surface area contributed by atoms with Gasteiger partial charge in [-0.15, -0.1) is 11.3 Å². The van der Waals surface area contributed by atoms with Gasteiger partial charge in [-0.25, -0.2) is 4.79 Å². The summed E-state index contributed by atoms with van der Waals surface area (Å²) in [6.45, 7) is 2.81. The Labute approximate surface area is 162 Å². The second-order valence-corrected chi connectivity index (χ2v) is 7.60. The van der Waals surface area contributed by atoms with E-state index in [0.717, 1.165) is 17.4 Å². The number of nitrogens with two attached hydrogens (primary N) is 1. The van der Waals surface area contributed by atoms with E-state index in [0.29, 0.717) is 12.1 Å². The average molecular weight is 377 g/mol. The minimum atomic E-state index is -0.286. The molecular formula is C23H22NO2S+. The maximum absolute atomic E-state index is 12.1. The van der Waals surface area contributed by atoms with Crippen LogP contribution in [-0.4, -0.2) is 0 Å². The maximum Gasteiger partial charge on any atom is 0.336 e. The summed E-state index contributed by atoms with van der Waals surface area (Å²) in [5.74, 6) is 0. The molecule has 1 atom stereocenters. The number of hydrogen-bond donors (Lipinski definition) is 1. The van der Waals surface area contributed by atoms with Crippen LogP contribution in [0, 0.1) is 0 Å². The third-order valence-electron chi connectivity index (χ3n) is 4.88. The molecule has 27 heavy (non-hydrogen) atoms. The third-order valence-corrected chi connectivity index (χ3v) is 5.84. The first-order chi connectivity index (χ1) is 13.2. The van der Waals surface area contributed by atoms with E-state index in [1.807, 2.05) is 12.1 Å². The molecule has 136 valence electrons. The lowest BCUT2D eigenvalue weighted by molar-refractivity contribution is -0.701. The highest BCUT2D eigenvalue weighted by Gasteiger charge is 2.19. The van der Waals surface area contributed by atoms with E-state index in [2.05, 4.69) is 66.2 Å². The van der Waals surface area contributed by atoms with Crippen LogP contribution in [0.25, 0.3) is 11.0 Å². The normalized spacial score (nSPS) is 12.3. The van der Waals surface area contributed by atoms with Crippen molar-refractivity contribution in [1.82, 2.24) is 0 Å². The lowest BCUT2D eigenvalue weighted by atomic mass is 10.0. The predicted octanol–water partition coefficient (Wildman–Crippen LogP) is 4.27. The first kappa shape index (κ1) is 17.7. The van der Waals surface area contributed by atoms with Crippen LogP contribution >= 0.6 is 11.3 Å². The molecule has 4 rings (SSSR count). The minimum Gasteiger partial charge on any atom is -0.423 e. The summed E-state index contributed by atoms with van der Waals surface area (Å²) in [6, 6.07) is 22.8. The van der Waals surface area contributed by atoms with Crippen LogP contribution in [0.15, 0.2) is 81.3 Å². The Hall–Kier alpha value is -2.69. The van der Waals surface area contributed by atoms with Crippen molar-refractivity contribution in [2.24, 2.45) is 0 Å². The van der Waals surface area contributed by atoms with Gasteiger partial charge < -0.3 is 9.73 Å². The summed E-state index contributed by atoms with van der Waals surface area (Å²) in [5, 5.41) is 5.42. The van der Waals surface area contributed by atoms with Crippen molar-refractivity contribution in [3.05, 3.63) is 104 Å². The van der Waals surface area contributed by atoms with Crippen molar-refractivity contribution in [3.8, 4) is 0 Å². The molecule has 0 saturated heterocycles. The number of quaternary nitrogens is 1. The highest BCUT2D eigenvalue weighted by molar-refractivity contribution is 7.10. The molecule has 2 heterocycles. The van der Waals surface area contributed by atoms with Crippen molar-refractivity contribution < 1.29 is 9.73 Å². The van der Waals surface area contributed by atoms with Crippen LogP contribution < -0.4 is 10.9 Å². The van der Waals surface area contributed by atoms with Crippen LogP contribution in [0.1, 0.15) is 34.5 Å². The highest BCUT2D eigenvalue weighted by atomic mass is 32.1. The zero-order valence-electron chi connectivity index (χ0n) is 15.2. The molecule has 0 amide bonds. The quantitative estimate of drug-likeness (QED) is 0.511. The van der Waals surface area contributed by atoms with E-state index in [9.17, 15) is 4.79 Å². The minimum absolute atomic E-state index is 0.211. The lowest BCUT2D eigenvalue weighted by Crippen LogP contribution is -2.83. The molecule has 4 heteroatoms. The molecule has 0 spiro atoms. The summed E-state index contributed by atoms with van der Waals surface area (Å²) in [6.07, 6.45) is 0.921. The summed E-state index contributed by atoms with van der Waals surface area (Å²) in [7, 11) is 0. The van der Waals surface area contributed by atoms with Gasteiger partial charge in [-0.2, -0.15) is 0 Å². The maximum atomic E-state index is 12.1. The molecule has 0 unspecified atom stereocenters. The molecule has 0 aliphatic rings. The topological polar surface area (TPSA) is 46.8 Å². The van der Waals surface area contributed by atoms with Gasteiger partial charge >= 0.3 is 5.63 Å². The average Bonchev–Trinajstić information content (AvgIpc) is 3.22. The van der Waals surface area contributed by atoms with Crippen molar-refractivity contribution in [2.45, 2.75) is 25.9 Å². The zero-order valence-corrected chi connectivity index (χ0v) is 16.0. The Morgan fingerprint density at radius 2 is 1.89 bits per heavy atom. The van der Waals surface area contributed by atoms with Crippen molar-refractivity contribution >= 4 is 22.3 Å². The van der Waals surface area contributed by atoms with Crippen molar-refractivity contribution in [1.29, 1.82) is 0 Å². The Balaban J connectivity index is 1.68. The first-order valence-electron chi connectivity index (χ1n) is 9.22. The molecule has 0 radical (unpaired) electrons. The van der Waals surface area contributed by atoms with Gasteiger partial charge in [0.1, 0.15) is 18.2 Å². The Bertz CT molecular complexity index is 1080. The second-order valence-electron chi connectivity index (χ2n) is 6.62. The predicted molar refractivity (Wildman–Crippen MR) is 110 cm³/mol. The van der Waals surface area contributed by atoms with E-state index in [1.165, 1.54) is 16.0 Å². The number of thiophene rings is 1. The van der Waals surface area contributed by atoms with Crippen molar-refractivity contribution in [3.63, 3.8) is 0 Å². The lowest BCUT2D eigenvalue weighted by Gasteiger charge is -2.15. The van der Waals surface area contributed by atoms with Crippen LogP contribution in [0.5, 0.6) is 0 Å². The van der Waals surface area contributed by atoms with Gasteiger partial charge in [0.25, 0.3) is 0 Å². The fraction of sp³-hybridized carbons (Fsp3) is 0.174. The monoisotopic (exact) mass is 376 g/mol. The van der Waals surface area contributed by atoms with E-state index in [1.54, 1.807) is 17.4 Å². The standard InChI is InChI=1S/C23H21NO2S/c1-2-16-10-11-19-18(14-22(25)26-20(19)13-16)15-24-23(21-9-6-12-27-21)17-7-4-3-5-8-17/h3-14,23-24H,2,15H2,1H3/p+1/t23-/m0/s1. The summed E-state index contributed by atoms with van der Waals surface area (Å²) in [4.78, 5) is 13.4. The van der Waals surface area contributed by atoms with Gasteiger partial charge in [0, 0.05) is 22.6 Å². The van der Waals surface area contributed by atoms with Gasteiger partial charge in [0.2, 0.25) is 0 Å². The summed E-state index contributed by atoms with van der Waals surface area (Å²) < 4.78 is 5.44. The molecule has 0 aliphatic carbocycles. The molecule has 3 nitrogen and oxygen atoms in total. The molecule has 2 aromatic carbocycles. The SMILES string of the molecule is CCc1ccc2c(C[NH2+][C@@H](c3ccccc3)c3cccs3)cc(=O)oc2c1. The molecule has 0 bridgehead atoms. The van der Waals surface area contributed by atoms with E-state index in [4.69, 9.17) is 4.42 Å². The number of benzene rings is 2. The molecular weight excluding hydrogens is 354 g/mol. The molecule has 0 aliphatic heterocycles. The van der Waals surface area contributed by atoms with Gasteiger partial charge in [-0.3, -0.25) is 0 Å². The molecule has 2 aromatic heterocycles. The van der Waals surface area contributed by atoms with Crippen LogP contribution in [-0.2, 0) is 13.0 Å².